The van der Waals surface area contributed by atoms with E-state index in [4.69, 9.17) is 0 Å². The zero-order valence-corrected chi connectivity index (χ0v) is 20.7. The second-order valence-corrected chi connectivity index (χ2v) is 11.1. The maximum Gasteiger partial charge on any atom is 0.243 e. The van der Waals surface area contributed by atoms with Gasteiger partial charge in [0.15, 0.2) is 0 Å². The first-order chi connectivity index (χ1) is 17.6. The van der Waals surface area contributed by atoms with E-state index in [0.717, 1.165) is 52.9 Å². The van der Waals surface area contributed by atoms with Crippen molar-refractivity contribution in [2.24, 2.45) is 0 Å². The van der Waals surface area contributed by atoms with E-state index in [1.165, 1.54) is 5.56 Å². The van der Waals surface area contributed by atoms with Gasteiger partial charge in [-0.05, 0) is 53.8 Å². The molecule has 0 bridgehead atoms. The predicted octanol–water partition coefficient (Wildman–Crippen LogP) is 4.85. The molecule has 0 amide bonds. The number of H-pyrrole nitrogens is 1. The van der Waals surface area contributed by atoms with Crippen LogP contribution in [0, 0.1) is 0 Å². The molecule has 4 heterocycles. The molecule has 6 rings (SSSR count). The molecule has 1 saturated heterocycles. The monoisotopic (exact) mass is 497 g/mol. The summed E-state index contributed by atoms with van der Waals surface area (Å²) in [5, 5.41) is 1.01. The van der Waals surface area contributed by atoms with Crippen molar-refractivity contribution in [3.05, 3.63) is 102 Å². The third-order valence-corrected chi connectivity index (χ3v) is 8.72. The first kappa shape index (κ1) is 22.7. The maximum absolute atomic E-state index is 12.9. The fourth-order valence-corrected chi connectivity index (χ4v) is 6.43. The average molecular weight is 498 g/mol. The van der Waals surface area contributed by atoms with Gasteiger partial charge in [0.1, 0.15) is 11.5 Å². The van der Waals surface area contributed by atoms with Crippen molar-refractivity contribution in [1.29, 1.82) is 0 Å². The Morgan fingerprint density at radius 2 is 1.67 bits per heavy atom. The number of fused-ring (bicyclic) bond motifs is 1. The van der Waals surface area contributed by atoms with Gasteiger partial charge in [0, 0.05) is 49.2 Å². The minimum Gasteiger partial charge on any atom is -0.342 e. The summed E-state index contributed by atoms with van der Waals surface area (Å²) in [6.07, 6.45) is 8.24. The summed E-state index contributed by atoms with van der Waals surface area (Å²) in [6, 6.07) is 21.6. The van der Waals surface area contributed by atoms with Gasteiger partial charge in [-0.15, -0.1) is 0 Å². The highest BCUT2D eigenvalue weighted by atomic mass is 32.2. The fourth-order valence-electron chi connectivity index (χ4n) is 4.92. The highest BCUT2D eigenvalue weighted by Crippen LogP contribution is 2.30. The molecule has 1 N–H and O–H groups in total. The first-order valence-electron chi connectivity index (χ1n) is 12.2. The van der Waals surface area contributed by atoms with Gasteiger partial charge in [-0.3, -0.25) is 0 Å². The summed E-state index contributed by atoms with van der Waals surface area (Å²) < 4.78 is 29.5. The number of pyridine rings is 1. The SMILES string of the molecule is O=S(=O)(c1ccc(-c2ccnc3[nH]c(Cn4ccnc4Cc4ccccc4)cc23)cc1)N1CCCC1. The number of hydrogen-bond donors (Lipinski definition) is 1. The number of sulfonamides is 1. The van der Waals surface area contributed by atoms with Crippen molar-refractivity contribution in [2.45, 2.75) is 30.7 Å². The van der Waals surface area contributed by atoms with Crippen molar-refractivity contribution in [1.82, 2.24) is 23.8 Å². The molecule has 36 heavy (non-hydrogen) atoms. The van der Waals surface area contributed by atoms with Gasteiger partial charge in [0.25, 0.3) is 0 Å². The molecule has 2 aromatic carbocycles. The van der Waals surface area contributed by atoms with Crippen LogP contribution in [-0.4, -0.2) is 45.3 Å². The predicted molar refractivity (Wildman–Crippen MR) is 140 cm³/mol. The number of aromatic nitrogens is 4. The van der Waals surface area contributed by atoms with E-state index >= 15 is 0 Å². The Labute approximate surface area is 210 Å². The van der Waals surface area contributed by atoms with Gasteiger partial charge >= 0.3 is 0 Å². The Hall–Kier alpha value is -3.75. The van der Waals surface area contributed by atoms with E-state index in [1.807, 2.05) is 48.8 Å². The number of nitrogens with zero attached hydrogens (tertiary/aromatic N) is 4. The maximum atomic E-state index is 12.9. The number of imidazole rings is 1. The van der Waals surface area contributed by atoms with E-state index in [0.29, 0.717) is 24.5 Å². The van der Waals surface area contributed by atoms with E-state index in [-0.39, 0.29) is 0 Å². The zero-order valence-electron chi connectivity index (χ0n) is 19.8. The lowest BCUT2D eigenvalue weighted by Gasteiger charge is -2.15. The quantitative estimate of drug-likeness (QED) is 0.348. The molecule has 0 aliphatic carbocycles. The summed E-state index contributed by atoms with van der Waals surface area (Å²) in [5.74, 6) is 1.00. The topological polar surface area (TPSA) is 83.9 Å². The van der Waals surface area contributed by atoms with Crippen LogP contribution in [0.2, 0.25) is 0 Å². The van der Waals surface area contributed by atoms with E-state index < -0.39 is 10.0 Å². The molecule has 0 atom stereocenters. The lowest BCUT2D eigenvalue weighted by molar-refractivity contribution is 0.477. The van der Waals surface area contributed by atoms with E-state index in [2.05, 4.69) is 37.7 Å². The molecule has 1 aliphatic rings. The number of benzene rings is 2. The van der Waals surface area contributed by atoms with E-state index in [1.54, 1.807) is 22.6 Å². The normalized spacial score (nSPS) is 14.6. The van der Waals surface area contributed by atoms with Gasteiger partial charge in [0.05, 0.1) is 11.4 Å². The van der Waals surface area contributed by atoms with Gasteiger partial charge < -0.3 is 9.55 Å². The lowest BCUT2D eigenvalue weighted by atomic mass is 10.0. The second-order valence-electron chi connectivity index (χ2n) is 9.18. The van der Waals surface area contributed by atoms with Crippen LogP contribution in [0.5, 0.6) is 0 Å². The largest absolute Gasteiger partial charge is 0.342 e. The number of nitrogens with one attached hydrogen (secondary N) is 1. The highest BCUT2D eigenvalue weighted by molar-refractivity contribution is 7.89. The summed E-state index contributed by atoms with van der Waals surface area (Å²) in [4.78, 5) is 12.9. The second kappa shape index (κ2) is 9.37. The van der Waals surface area contributed by atoms with Crippen molar-refractivity contribution in [3.63, 3.8) is 0 Å². The van der Waals surface area contributed by atoms with Crippen LogP contribution in [0.1, 0.15) is 29.9 Å². The molecular formula is C28H27N5O2S. The Balaban J connectivity index is 1.27. The summed E-state index contributed by atoms with van der Waals surface area (Å²) in [7, 11) is -3.43. The summed E-state index contributed by atoms with van der Waals surface area (Å²) in [5.41, 5.74) is 5.04. The standard InChI is InChI=1S/C28H27N5O2S/c34-36(35,33-15-4-5-16-33)24-10-8-22(9-11-24)25-12-13-30-28-26(25)19-23(31-28)20-32-17-14-29-27(32)18-21-6-2-1-3-7-21/h1-3,6-14,17,19H,4-5,15-16,18,20H2,(H,30,31). The van der Waals surface area contributed by atoms with Crippen LogP contribution in [0.4, 0.5) is 0 Å². The van der Waals surface area contributed by atoms with Crippen LogP contribution in [0.15, 0.2) is 90.2 Å². The van der Waals surface area contributed by atoms with Crippen LogP contribution in [0.3, 0.4) is 0 Å². The molecule has 3 aromatic heterocycles. The molecule has 182 valence electrons. The van der Waals surface area contributed by atoms with Gasteiger partial charge in [0.2, 0.25) is 10.0 Å². The van der Waals surface area contributed by atoms with Crippen molar-refractivity contribution in [2.75, 3.05) is 13.1 Å². The molecule has 8 heteroatoms. The number of hydrogen-bond acceptors (Lipinski definition) is 4. The van der Waals surface area contributed by atoms with Crippen LogP contribution >= 0.6 is 0 Å². The van der Waals surface area contributed by atoms with Crippen LogP contribution in [-0.2, 0) is 23.0 Å². The Morgan fingerprint density at radius 1 is 0.889 bits per heavy atom. The summed E-state index contributed by atoms with van der Waals surface area (Å²) in [6.45, 7) is 1.86. The molecule has 0 saturated carbocycles. The number of rotatable bonds is 7. The minimum atomic E-state index is -3.43. The molecule has 1 fully saturated rings. The Bertz CT molecular complexity index is 1600. The van der Waals surface area contributed by atoms with Crippen LogP contribution < -0.4 is 0 Å². The van der Waals surface area contributed by atoms with Crippen molar-refractivity contribution >= 4 is 21.1 Å². The molecule has 5 aromatic rings. The minimum absolute atomic E-state index is 0.347. The Kier molecular flexibility index (Phi) is 5.91. The first-order valence-corrected chi connectivity index (χ1v) is 13.6. The molecule has 0 unspecified atom stereocenters. The lowest BCUT2D eigenvalue weighted by Crippen LogP contribution is -2.27. The van der Waals surface area contributed by atoms with E-state index in [9.17, 15) is 8.42 Å². The smallest absolute Gasteiger partial charge is 0.243 e. The molecule has 0 radical (unpaired) electrons. The number of aromatic amines is 1. The molecule has 0 spiro atoms. The summed E-state index contributed by atoms with van der Waals surface area (Å²) >= 11 is 0. The highest BCUT2D eigenvalue weighted by Gasteiger charge is 2.27. The third-order valence-electron chi connectivity index (χ3n) is 6.80. The van der Waals surface area contributed by atoms with Gasteiger partial charge in [-0.2, -0.15) is 4.31 Å². The molecule has 1 aliphatic heterocycles. The molecular weight excluding hydrogens is 470 g/mol. The third kappa shape index (κ3) is 4.34. The average Bonchev–Trinajstić information content (AvgIpc) is 3.67. The fraction of sp³-hybridized carbons (Fsp3) is 0.214. The molecule has 7 nitrogen and oxygen atoms in total. The zero-order chi connectivity index (χ0) is 24.5. The van der Waals surface area contributed by atoms with Crippen molar-refractivity contribution < 1.29 is 8.42 Å². The van der Waals surface area contributed by atoms with Crippen LogP contribution in [0.25, 0.3) is 22.2 Å². The van der Waals surface area contributed by atoms with Gasteiger partial charge in [-0.25, -0.2) is 18.4 Å². The van der Waals surface area contributed by atoms with Crippen molar-refractivity contribution in [3.8, 4) is 11.1 Å². The Morgan fingerprint density at radius 3 is 2.44 bits per heavy atom. The van der Waals surface area contributed by atoms with Gasteiger partial charge in [-0.1, -0.05) is 42.5 Å².